The molecule has 2 aromatic carbocycles. The summed E-state index contributed by atoms with van der Waals surface area (Å²) in [5, 5.41) is 2.96. The normalized spacial score (nSPS) is 16.0. The standard InChI is InChI=1S/C21H20F2N6O3S/c1-24-33(31,32)13-9-7-12(8-10-13)26-21-25-11-16-19(27-21)29(3)18(20(30)28(16)2)17-14(22)5-4-6-15(17)23/h4-11,18,24H,1-3H3,(H,25,26,27). The summed E-state index contributed by atoms with van der Waals surface area (Å²) in [6, 6.07) is 8.10. The van der Waals surface area contributed by atoms with E-state index in [9.17, 15) is 22.0 Å². The second-order valence-corrected chi connectivity index (χ2v) is 9.19. The summed E-state index contributed by atoms with van der Waals surface area (Å²) >= 11 is 0. The first-order valence-electron chi connectivity index (χ1n) is 9.76. The van der Waals surface area contributed by atoms with Crippen molar-refractivity contribution < 1.29 is 22.0 Å². The first kappa shape index (κ1) is 22.6. The number of carbonyl (C=O) groups excluding carboxylic acids is 1. The van der Waals surface area contributed by atoms with Gasteiger partial charge in [-0.25, -0.2) is 26.9 Å². The van der Waals surface area contributed by atoms with Gasteiger partial charge in [0.05, 0.1) is 16.7 Å². The molecule has 3 aromatic rings. The van der Waals surface area contributed by atoms with E-state index < -0.39 is 33.6 Å². The fraction of sp³-hybridized carbons (Fsp3) is 0.190. The van der Waals surface area contributed by atoms with Crippen LogP contribution in [0.3, 0.4) is 0 Å². The van der Waals surface area contributed by atoms with E-state index in [0.29, 0.717) is 11.4 Å². The van der Waals surface area contributed by atoms with Crippen LogP contribution < -0.4 is 19.8 Å². The zero-order valence-corrected chi connectivity index (χ0v) is 18.7. The second kappa shape index (κ2) is 8.37. The molecule has 1 aliphatic heterocycles. The Balaban J connectivity index is 1.68. The van der Waals surface area contributed by atoms with Crippen LogP contribution in [0.15, 0.2) is 53.6 Å². The number of anilines is 4. The van der Waals surface area contributed by atoms with Crippen LogP contribution in [0.2, 0.25) is 0 Å². The Kier molecular flexibility index (Phi) is 5.72. The highest BCUT2D eigenvalue weighted by Crippen LogP contribution is 2.40. The van der Waals surface area contributed by atoms with Gasteiger partial charge in [0, 0.05) is 19.8 Å². The maximum absolute atomic E-state index is 14.5. The third-order valence-corrected chi connectivity index (χ3v) is 6.79. The van der Waals surface area contributed by atoms with Gasteiger partial charge in [0.1, 0.15) is 23.4 Å². The van der Waals surface area contributed by atoms with Crippen LogP contribution in [0.1, 0.15) is 11.6 Å². The lowest BCUT2D eigenvalue weighted by Crippen LogP contribution is -2.46. The summed E-state index contributed by atoms with van der Waals surface area (Å²) in [4.78, 5) is 24.3. The molecule has 0 saturated heterocycles. The minimum absolute atomic E-state index is 0.0940. The third kappa shape index (κ3) is 3.98. The molecule has 1 aliphatic rings. The van der Waals surface area contributed by atoms with Gasteiger partial charge in [-0.15, -0.1) is 0 Å². The Labute approximate surface area is 189 Å². The fourth-order valence-corrected chi connectivity index (χ4v) is 4.30. The molecule has 0 fully saturated rings. The number of fused-ring (bicyclic) bond motifs is 1. The van der Waals surface area contributed by atoms with E-state index in [1.165, 1.54) is 55.3 Å². The lowest BCUT2D eigenvalue weighted by Gasteiger charge is -2.38. The number of rotatable bonds is 5. The van der Waals surface area contributed by atoms with Gasteiger partial charge in [-0.3, -0.25) is 4.79 Å². The zero-order chi connectivity index (χ0) is 23.9. The van der Waals surface area contributed by atoms with E-state index in [-0.39, 0.29) is 22.2 Å². The Morgan fingerprint density at radius 2 is 1.67 bits per heavy atom. The van der Waals surface area contributed by atoms with E-state index in [4.69, 9.17) is 0 Å². The van der Waals surface area contributed by atoms with Gasteiger partial charge in [-0.2, -0.15) is 4.98 Å². The number of benzene rings is 2. The Bertz CT molecular complexity index is 1310. The highest BCUT2D eigenvalue weighted by Gasteiger charge is 2.40. The molecule has 0 radical (unpaired) electrons. The van der Waals surface area contributed by atoms with Gasteiger partial charge in [-0.05, 0) is 43.4 Å². The molecule has 12 heteroatoms. The molecule has 1 atom stereocenters. The number of halogens is 2. The maximum Gasteiger partial charge on any atom is 0.254 e. The van der Waals surface area contributed by atoms with E-state index in [0.717, 1.165) is 12.1 Å². The topological polar surface area (TPSA) is 108 Å². The molecule has 172 valence electrons. The smallest absolute Gasteiger partial charge is 0.254 e. The van der Waals surface area contributed by atoms with E-state index in [2.05, 4.69) is 20.0 Å². The number of nitrogens with one attached hydrogen (secondary N) is 2. The number of aromatic nitrogens is 2. The van der Waals surface area contributed by atoms with Crippen LogP contribution in [-0.2, 0) is 14.8 Å². The SMILES string of the molecule is CNS(=O)(=O)c1ccc(Nc2ncc3c(n2)N(C)C(c2c(F)cccc2F)C(=O)N3C)cc1. The highest BCUT2D eigenvalue weighted by atomic mass is 32.2. The van der Waals surface area contributed by atoms with Crippen molar-refractivity contribution in [3.8, 4) is 0 Å². The lowest BCUT2D eigenvalue weighted by atomic mass is 10.0. The van der Waals surface area contributed by atoms with E-state index in [1.54, 1.807) is 12.1 Å². The van der Waals surface area contributed by atoms with Gasteiger partial charge in [0.2, 0.25) is 16.0 Å². The number of nitrogens with zero attached hydrogens (tertiary/aromatic N) is 4. The molecule has 0 spiro atoms. The molecule has 1 unspecified atom stereocenters. The van der Waals surface area contributed by atoms with Crippen LogP contribution in [0.5, 0.6) is 0 Å². The Hall–Kier alpha value is -3.64. The van der Waals surface area contributed by atoms with Crippen molar-refractivity contribution in [3.05, 3.63) is 65.9 Å². The summed E-state index contributed by atoms with van der Waals surface area (Å²) in [5.41, 5.74) is 0.526. The maximum atomic E-state index is 14.5. The van der Waals surface area contributed by atoms with Crippen molar-refractivity contribution in [3.63, 3.8) is 0 Å². The molecular weight excluding hydrogens is 454 g/mol. The molecule has 1 aromatic heterocycles. The van der Waals surface area contributed by atoms with Crippen molar-refractivity contribution in [1.82, 2.24) is 14.7 Å². The molecule has 0 saturated carbocycles. The summed E-state index contributed by atoms with van der Waals surface area (Å²) in [6.07, 6.45) is 1.42. The van der Waals surface area contributed by atoms with Crippen LogP contribution in [0.4, 0.5) is 31.9 Å². The quantitative estimate of drug-likeness (QED) is 0.585. The molecule has 9 nitrogen and oxygen atoms in total. The molecule has 33 heavy (non-hydrogen) atoms. The van der Waals surface area contributed by atoms with Gasteiger partial charge >= 0.3 is 0 Å². The molecule has 1 amide bonds. The fourth-order valence-electron chi connectivity index (χ4n) is 3.57. The number of sulfonamides is 1. The Morgan fingerprint density at radius 3 is 2.27 bits per heavy atom. The first-order valence-corrected chi connectivity index (χ1v) is 11.2. The largest absolute Gasteiger partial charge is 0.342 e. The number of carbonyl (C=O) groups is 1. The van der Waals surface area contributed by atoms with Crippen LogP contribution in [0.25, 0.3) is 0 Å². The molecular formula is C21H20F2N6O3S. The van der Waals surface area contributed by atoms with Gasteiger partial charge < -0.3 is 15.1 Å². The summed E-state index contributed by atoms with van der Waals surface area (Å²) in [7, 11) is 0.754. The van der Waals surface area contributed by atoms with Crippen LogP contribution >= 0.6 is 0 Å². The van der Waals surface area contributed by atoms with Gasteiger partial charge in [-0.1, -0.05) is 6.07 Å². The van der Waals surface area contributed by atoms with Gasteiger partial charge in [0.25, 0.3) is 5.91 Å². The molecule has 2 N–H and O–H groups in total. The van der Waals surface area contributed by atoms with Crippen LogP contribution in [0, 0.1) is 11.6 Å². The monoisotopic (exact) mass is 474 g/mol. The second-order valence-electron chi connectivity index (χ2n) is 7.31. The summed E-state index contributed by atoms with van der Waals surface area (Å²) < 4.78 is 54.9. The van der Waals surface area contributed by atoms with E-state index >= 15 is 0 Å². The number of hydrogen-bond donors (Lipinski definition) is 2. The number of hydrogen-bond acceptors (Lipinski definition) is 7. The van der Waals surface area contributed by atoms with Crippen molar-refractivity contribution >= 4 is 39.1 Å². The summed E-state index contributed by atoms with van der Waals surface area (Å²) in [6.45, 7) is 0. The first-order chi connectivity index (χ1) is 15.6. The third-order valence-electron chi connectivity index (χ3n) is 5.36. The minimum Gasteiger partial charge on any atom is -0.342 e. The van der Waals surface area contributed by atoms with Crippen LogP contribution in [-0.4, -0.2) is 45.4 Å². The van der Waals surface area contributed by atoms with Crippen molar-refractivity contribution in [2.45, 2.75) is 10.9 Å². The number of likely N-dealkylation sites (N-methyl/N-ethyl adjacent to an activating group) is 2. The number of amides is 1. The zero-order valence-electron chi connectivity index (χ0n) is 17.9. The average molecular weight is 474 g/mol. The summed E-state index contributed by atoms with van der Waals surface area (Å²) in [5.74, 6) is -1.75. The molecule has 4 rings (SSSR count). The lowest BCUT2D eigenvalue weighted by molar-refractivity contribution is -0.120. The molecule has 0 bridgehead atoms. The highest BCUT2D eigenvalue weighted by molar-refractivity contribution is 7.89. The Morgan fingerprint density at radius 1 is 1.03 bits per heavy atom. The predicted molar refractivity (Wildman–Crippen MR) is 119 cm³/mol. The van der Waals surface area contributed by atoms with Crippen molar-refractivity contribution in [1.29, 1.82) is 0 Å². The van der Waals surface area contributed by atoms with E-state index in [1.807, 2.05) is 0 Å². The molecule has 0 aliphatic carbocycles. The molecule has 2 heterocycles. The van der Waals surface area contributed by atoms with Crippen molar-refractivity contribution in [2.75, 3.05) is 36.3 Å². The van der Waals surface area contributed by atoms with Crippen molar-refractivity contribution in [2.24, 2.45) is 0 Å². The minimum atomic E-state index is -3.57. The predicted octanol–water partition coefficient (Wildman–Crippen LogP) is 2.56. The van der Waals surface area contributed by atoms with Gasteiger partial charge in [0.15, 0.2) is 5.82 Å². The average Bonchev–Trinajstić information content (AvgIpc) is 2.80.